The molecule has 8 nitrogen and oxygen atoms in total. The number of hydrogen-bond donors (Lipinski definition) is 0. The number of hydrogen-bond acceptors (Lipinski definition) is 7. The first kappa shape index (κ1) is 21.2. The highest BCUT2D eigenvalue weighted by molar-refractivity contribution is 7.90. The van der Waals surface area contributed by atoms with E-state index in [0.717, 1.165) is 12.3 Å². The van der Waals surface area contributed by atoms with Crippen LogP contribution in [-0.2, 0) is 28.9 Å². The van der Waals surface area contributed by atoms with Crippen molar-refractivity contribution in [2.24, 2.45) is 5.92 Å². The SMILES string of the molecule is COC(=O)C1CCN(C(=O)COC(=O)c2ccc(Cl)c(S(C)(=O)=O)c2)CC1. The molecule has 0 unspecified atom stereocenters. The lowest BCUT2D eigenvalue weighted by Gasteiger charge is -2.30. The molecule has 2 rings (SSSR count). The van der Waals surface area contributed by atoms with E-state index in [1.807, 2.05) is 0 Å². The van der Waals surface area contributed by atoms with E-state index in [4.69, 9.17) is 21.1 Å². The van der Waals surface area contributed by atoms with E-state index in [2.05, 4.69) is 0 Å². The maximum Gasteiger partial charge on any atom is 0.338 e. The number of ether oxygens (including phenoxy) is 2. The molecule has 0 spiro atoms. The Morgan fingerprint density at radius 2 is 1.85 bits per heavy atom. The van der Waals surface area contributed by atoms with Gasteiger partial charge in [0.1, 0.15) is 0 Å². The van der Waals surface area contributed by atoms with Crippen molar-refractivity contribution >= 4 is 39.3 Å². The molecule has 1 amide bonds. The second-order valence-corrected chi connectivity index (χ2v) is 8.56. The number of carbonyl (C=O) groups is 3. The minimum absolute atomic E-state index is 0.00129. The lowest BCUT2D eigenvalue weighted by Crippen LogP contribution is -2.42. The second kappa shape index (κ2) is 8.71. The fourth-order valence-electron chi connectivity index (χ4n) is 2.75. The number of likely N-dealkylation sites (tertiary alicyclic amines) is 1. The summed E-state index contributed by atoms with van der Waals surface area (Å²) < 4.78 is 33.0. The Hall–Kier alpha value is -2.13. The summed E-state index contributed by atoms with van der Waals surface area (Å²) in [5.41, 5.74) is -0.0166. The first-order chi connectivity index (χ1) is 12.6. The third-order valence-corrected chi connectivity index (χ3v) is 5.85. The van der Waals surface area contributed by atoms with Gasteiger partial charge in [0.2, 0.25) is 0 Å². The zero-order valence-corrected chi connectivity index (χ0v) is 16.5. The monoisotopic (exact) mass is 417 g/mol. The lowest BCUT2D eigenvalue weighted by atomic mass is 9.97. The zero-order valence-electron chi connectivity index (χ0n) is 14.9. The van der Waals surface area contributed by atoms with Crippen LogP contribution in [0.3, 0.4) is 0 Å². The number of benzene rings is 1. The predicted molar refractivity (Wildman–Crippen MR) is 96.2 cm³/mol. The molecule has 0 bridgehead atoms. The number of carbonyl (C=O) groups excluding carboxylic acids is 3. The van der Waals surface area contributed by atoms with Gasteiger partial charge in [0.05, 0.1) is 28.5 Å². The van der Waals surface area contributed by atoms with Crippen LogP contribution < -0.4 is 0 Å². The van der Waals surface area contributed by atoms with Gasteiger partial charge in [0.25, 0.3) is 5.91 Å². The van der Waals surface area contributed by atoms with E-state index in [0.29, 0.717) is 25.9 Å². The van der Waals surface area contributed by atoms with Crippen LogP contribution in [0.5, 0.6) is 0 Å². The summed E-state index contributed by atoms with van der Waals surface area (Å²) in [6, 6.07) is 3.73. The van der Waals surface area contributed by atoms with Crippen LogP contribution in [0.2, 0.25) is 5.02 Å². The topological polar surface area (TPSA) is 107 Å². The van der Waals surface area contributed by atoms with E-state index in [9.17, 15) is 22.8 Å². The third kappa shape index (κ3) is 5.43. The summed E-state index contributed by atoms with van der Waals surface area (Å²) in [4.78, 5) is 37.1. The average molecular weight is 418 g/mol. The summed E-state index contributed by atoms with van der Waals surface area (Å²) in [5, 5.41) is -0.00129. The molecule has 1 fully saturated rings. The quantitative estimate of drug-likeness (QED) is 0.664. The molecular weight excluding hydrogens is 398 g/mol. The molecule has 27 heavy (non-hydrogen) atoms. The first-order valence-corrected chi connectivity index (χ1v) is 10.4. The molecule has 0 atom stereocenters. The molecule has 0 saturated carbocycles. The Morgan fingerprint density at radius 3 is 2.41 bits per heavy atom. The Labute approximate surface area is 162 Å². The van der Waals surface area contributed by atoms with Crippen LogP contribution in [0.15, 0.2) is 23.1 Å². The smallest absolute Gasteiger partial charge is 0.338 e. The van der Waals surface area contributed by atoms with Crippen molar-refractivity contribution in [2.45, 2.75) is 17.7 Å². The van der Waals surface area contributed by atoms with Crippen LogP contribution in [0.1, 0.15) is 23.2 Å². The van der Waals surface area contributed by atoms with E-state index >= 15 is 0 Å². The van der Waals surface area contributed by atoms with Crippen LogP contribution in [0, 0.1) is 5.92 Å². The average Bonchev–Trinajstić information content (AvgIpc) is 2.64. The van der Waals surface area contributed by atoms with E-state index in [1.165, 1.54) is 24.1 Å². The number of methoxy groups -OCH3 is 1. The van der Waals surface area contributed by atoms with Crippen molar-refractivity contribution in [3.8, 4) is 0 Å². The fraction of sp³-hybridized carbons (Fsp3) is 0.471. The van der Waals surface area contributed by atoms with Crippen molar-refractivity contribution in [3.63, 3.8) is 0 Å². The summed E-state index contributed by atoms with van der Waals surface area (Å²) in [5.74, 6) is -1.73. The molecular formula is C17H20ClNO7S. The standard InChI is InChI=1S/C17H20ClNO7S/c1-25-16(21)11-5-7-19(8-6-11)15(20)10-26-17(22)12-3-4-13(18)14(9-12)27(2,23)24/h3-4,9,11H,5-8,10H2,1-2H3. The van der Waals surface area contributed by atoms with Crippen molar-refractivity contribution in [2.75, 3.05) is 33.1 Å². The Bertz CT molecular complexity index is 845. The van der Waals surface area contributed by atoms with Gasteiger partial charge in [-0.1, -0.05) is 11.6 Å². The van der Waals surface area contributed by atoms with Crippen molar-refractivity contribution in [1.82, 2.24) is 4.90 Å². The van der Waals surface area contributed by atoms with Crippen LogP contribution in [0.4, 0.5) is 0 Å². The van der Waals surface area contributed by atoms with Crippen LogP contribution in [-0.4, -0.2) is 64.2 Å². The molecule has 1 saturated heterocycles. The Kier molecular flexibility index (Phi) is 6.83. The van der Waals surface area contributed by atoms with Gasteiger partial charge in [-0.2, -0.15) is 0 Å². The molecule has 1 heterocycles. The third-order valence-electron chi connectivity index (χ3n) is 4.28. The molecule has 148 valence electrons. The van der Waals surface area contributed by atoms with Gasteiger partial charge in [-0.25, -0.2) is 13.2 Å². The van der Waals surface area contributed by atoms with Gasteiger partial charge in [-0.15, -0.1) is 0 Å². The predicted octanol–water partition coefficient (Wildman–Crippen LogP) is 1.31. The van der Waals surface area contributed by atoms with Crippen LogP contribution in [0.25, 0.3) is 0 Å². The number of rotatable bonds is 5. The molecule has 1 aliphatic rings. The van der Waals surface area contributed by atoms with E-state index in [-0.39, 0.29) is 33.3 Å². The minimum atomic E-state index is -3.61. The molecule has 0 radical (unpaired) electrons. The highest BCUT2D eigenvalue weighted by atomic mass is 35.5. The number of amides is 1. The number of halogens is 1. The van der Waals surface area contributed by atoms with Gasteiger partial charge in [0.15, 0.2) is 16.4 Å². The molecule has 0 N–H and O–H groups in total. The van der Waals surface area contributed by atoms with Crippen molar-refractivity contribution in [3.05, 3.63) is 28.8 Å². The number of piperidine rings is 1. The minimum Gasteiger partial charge on any atom is -0.469 e. The number of esters is 2. The van der Waals surface area contributed by atoms with Gasteiger partial charge >= 0.3 is 11.9 Å². The summed E-state index contributed by atoms with van der Waals surface area (Å²) in [6.07, 6.45) is 1.95. The highest BCUT2D eigenvalue weighted by Crippen LogP contribution is 2.23. The van der Waals surface area contributed by atoms with Gasteiger partial charge in [-0.05, 0) is 31.0 Å². The Balaban J connectivity index is 1.93. The molecule has 10 heteroatoms. The Morgan fingerprint density at radius 1 is 1.22 bits per heavy atom. The number of sulfone groups is 1. The zero-order chi connectivity index (χ0) is 20.2. The molecule has 0 aliphatic carbocycles. The largest absolute Gasteiger partial charge is 0.469 e. The first-order valence-electron chi connectivity index (χ1n) is 8.16. The van der Waals surface area contributed by atoms with Crippen LogP contribution >= 0.6 is 11.6 Å². The van der Waals surface area contributed by atoms with Gasteiger partial charge in [-0.3, -0.25) is 9.59 Å². The van der Waals surface area contributed by atoms with Gasteiger partial charge < -0.3 is 14.4 Å². The normalized spacial score (nSPS) is 15.3. The summed E-state index contributed by atoms with van der Waals surface area (Å²) >= 11 is 5.83. The maximum absolute atomic E-state index is 12.2. The summed E-state index contributed by atoms with van der Waals surface area (Å²) in [7, 11) is -2.28. The van der Waals surface area contributed by atoms with E-state index < -0.39 is 22.4 Å². The summed E-state index contributed by atoms with van der Waals surface area (Å²) in [6.45, 7) is 0.267. The van der Waals surface area contributed by atoms with Crippen molar-refractivity contribution in [1.29, 1.82) is 0 Å². The molecule has 0 aromatic heterocycles. The van der Waals surface area contributed by atoms with Gasteiger partial charge in [0, 0.05) is 19.3 Å². The maximum atomic E-state index is 12.2. The fourth-order valence-corrected chi connectivity index (χ4v) is 4.05. The molecule has 1 aromatic rings. The second-order valence-electron chi connectivity index (χ2n) is 6.17. The lowest BCUT2D eigenvalue weighted by molar-refractivity contribution is -0.149. The number of nitrogens with zero attached hydrogens (tertiary/aromatic N) is 1. The van der Waals surface area contributed by atoms with Crippen molar-refractivity contribution < 1.29 is 32.3 Å². The molecule has 1 aromatic carbocycles. The molecule has 1 aliphatic heterocycles. The highest BCUT2D eigenvalue weighted by Gasteiger charge is 2.28. The van der Waals surface area contributed by atoms with E-state index in [1.54, 1.807) is 0 Å².